The molecule has 1 unspecified atom stereocenters. The summed E-state index contributed by atoms with van der Waals surface area (Å²) >= 11 is 11.4. The molecule has 10 heavy (non-hydrogen) atoms. The van der Waals surface area contributed by atoms with E-state index in [0.29, 0.717) is 6.42 Å². The Hall–Kier alpha value is 0.250. The molecule has 1 rings (SSSR count). The second-order valence-corrected chi connectivity index (χ2v) is 4.12. The minimum Gasteiger partial charge on any atom is -0.296 e. The molecular formula is C7H10Cl2O. The number of hydrogen-bond donors (Lipinski definition) is 0. The van der Waals surface area contributed by atoms with Gasteiger partial charge in [-0.15, -0.1) is 0 Å². The van der Waals surface area contributed by atoms with Gasteiger partial charge in [-0.25, -0.2) is 0 Å². The molecule has 1 aliphatic carbocycles. The summed E-state index contributed by atoms with van der Waals surface area (Å²) in [5.41, 5.74) is 0. The standard InChI is InChI=1S/C7H10Cl2O/c1-2-3-5-4-6(10)7(5,8)9/h5H,2-4H2,1H3. The lowest BCUT2D eigenvalue weighted by Crippen LogP contribution is -2.47. The Balaban J connectivity index is 2.46. The van der Waals surface area contributed by atoms with E-state index in [1.807, 2.05) is 0 Å². The van der Waals surface area contributed by atoms with Crippen molar-refractivity contribution in [2.24, 2.45) is 5.92 Å². The smallest absolute Gasteiger partial charge is 0.179 e. The number of alkyl halides is 2. The molecule has 0 saturated heterocycles. The van der Waals surface area contributed by atoms with Crippen molar-refractivity contribution < 1.29 is 4.79 Å². The highest BCUT2D eigenvalue weighted by molar-refractivity contribution is 6.60. The quantitative estimate of drug-likeness (QED) is 0.598. The summed E-state index contributed by atoms with van der Waals surface area (Å²) < 4.78 is -1.05. The third kappa shape index (κ3) is 1.17. The van der Waals surface area contributed by atoms with Gasteiger partial charge in [0.1, 0.15) is 0 Å². The van der Waals surface area contributed by atoms with E-state index in [1.165, 1.54) is 0 Å². The van der Waals surface area contributed by atoms with Crippen molar-refractivity contribution >= 4 is 29.0 Å². The first kappa shape index (κ1) is 8.35. The predicted octanol–water partition coefficient (Wildman–Crippen LogP) is 2.55. The molecular weight excluding hydrogens is 171 g/mol. The lowest BCUT2D eigenvalue weighted by molar-refractivity contribution is -0.128. The van der Waals surface area contributed by atoms with Crippen LogP contribution < -0.4 is 0 Å². The molecule has 0 aromatic heterocycles. The van der Waals surface area contributed by atoms with E-state index < -0.39 is 4.33 Å². The summed E-state index contributed by atoms with van der Waals surface area (Å²) in [6.45, 7) is 2.06. The summed E-state index contributed by atoms with van der Waals surface area (Å²) in [7, 11) is 0. The van der Waals surface area contributed by atoms with Gasteiger partial charge in [0.05, 0.1) is 0 Å². The molecule has 3 heteroatoms. The van der Waals surface area contributed by atoms with Crippen molar-refractivity contribution in [3.8, 4) is 0 Å². The van der Waals surface area contributed by atoms with Crippen LogP contribution in [0.3, 0.4) is 0 Å². The van der Waals surface area contributed by atoms with Crippen LogP contribution in [-0.4, -0.2) is 10.1 Å². The maximum atomic E-state index is 10.8. The normalized spacial score (nSPS) is 29.9. The molecule has 1 saturated carbocycles. The average molecular weight is 181 g/mol. The van der Waals surface area contributed by atoms with E-state index in [0.717, 1.165) is 12.8 Å². The largest absolute Gasteiger partial charge is 0.296 e. The predicted molar refractivity (Wildman–Crippen MR) is 42.5 cm³/mol. The van der Waals surface area contributed by atoms with Gasteiger partial charge in [0.25, 0.3) is 0 Å². The molecule has 0 aliphatic heterocycles. The van der Waals surface area contributed by atoms with Crippen LogP contribution in [0.15, 0.2) is 0 Å². The van der Waals surface area contributed by atoms with Crippen LogP contribution >= 0.6 is 23.2 Å². The number of carbonyl (C=O) groups is 1. The Bertz CT molecular complexity index is 154. The second-order valence-electron chi connectivity index (χ2n) is 2.74. The molecule has 0 aromatic carbocycles. The number of ketones is 1. The Kier molecular flexibility index (Phi) is 2.26. The van der Waals surface area contributed by atoms with Gasteiger partial charge in [-0.3, -0.25) is 4.79 Å². The maximum Gasteiger partial charge on any atom is 0.179 e. The third-order valence-electron chi connectivity index (χ3n) is 1.95. The monoisotopic (exact) mass is 180 g/mol. The Morgan fingerprint density at radius 2 is 2.30 bits per heavy atom. The average Bonchev–Trinajstić information content (AvgIpc) is 1.88. The van der Waals surface area contributed by atoms with Crippen molar-refractivity contribution in [3.05, 3.63) is 0 Å². The lowest BCUT2D eigenvalue weighted by Gasteiger charge is -2.37. The zero-order valence-corrected chi connectivity index (χ0v) is 7.37. The van der Waals surface area contributed by atoms with Crippen LogP contribution in [0.25, 0.3) is 0 Å². The van der Waals surface area contributed by atoms with E-state index in [9.17, 15) is 4.79 Å². The molecule has 0 radical (unpaired) electrons. The number of rotatable bonds is 2. The highest BCUT2D eigenvalue weighted by Gasteiger charge is 2.51. The van der Waals surface area contributed by atoms with Gasteiger partial charge in [0, 0.05) is 12.3 Å². The first-order valence-electron chi connectivity index (χ1n) is 3.50. The molecule has 0 N–H and O–H groups in total. The van der Waals surface area contributed by atoms with Crippen LogP contribution in [0, 0.1) is 5.92 Å². The third-order valence-corrected chi connectivity index (χ3v) is 2.99. The summed E-state index contributed by atoms with van der Waals surface area (Å²) in [5, 5.41) is 0. The molecule has 1 nitrogen and oxygen atoms in total. The van der Waals surface area contributed by atoms with Crippen molar-refractivity contribution in [2.75, 3.05) is 0 Å². The van der Waals surface area contributed by atoms with Crippen molar-refractivity contribution in [2.45, 2.75) is 30.5 Å². The van der Waals surface area contributed by atoms with E-state index >= 15 is 0 Å². The van der Waals surface area contributed by atoms with Gasteiger partial charge >= 0.3 is 0 Å². The fourth-order valence-corrected chi connectivity index (χ4v) is 1.74. The van der Waals surface area contributed by atoms with Crippen molar-refractivity contribution in [3.63, 3.8) is 0 Å². The molecule has 0 spiro atoms. The van der Waals surface area contributed by atoms with Crippen LogP contribution in [0.5, 0.6) is 0 Å². The topological polar surface area (TPSA) is 17.1 Å². The first-order valence-corrected chi connectivity index (χ1v) is 4.25. The van der Waals surface area contributed by atoms with E-state index in [2.05, 4.69) is 6.92 Å². The molecule has 1 fully saturated rings. The summed E-state index contributed by atoms with van der Waals surface area (Å²) in [6, 6.07) is 0. The van der Waals surface area contributed by atoms with Crippen LogP contribution in [0.2, 0.25) is 0 Å². The Labute approximate surface area is 70.7 Å². The van der Waals surface area contributed by atoms with E-state index in [4.69, 9.17) is 23.2 Å². The Morgan fingerprint density at radius 1 is 1.70 bits per heavy atom. The van der Waals surface area contributed by atoms with E-state index in [-0.39, 0.29) is 11.7 Å². The number of Topliss-reactive ketones (excluding diaryl/α,β-unsaturated/α-hetero) is 1. The lowest BCUT2D eigenvalue weighted by atomic mass is 9.80. The Morgan fingerprint density at radius 3 is 2.60 bits per heavy atom. The number of hydrogen-bond acceptors (Lipinski definition) is 1. The second kappa shape index (κ2) is 2.71. The highest BCUT2D eigenvalue weighted by atomic mass is 35.5. The SMILES string of the molecule is CCCC1CC(=O)C1(Cl)Cl. The summed E-state index contributed by atoms with van der Waals surface area (Å²) in [6.07, 6.45) is 2.57. The fraction of sp³-hybridized carbons (Fsp3) is 0.857. The van der Waals surface area contributed by atoms with Crippen molar-refractivity contribution in [1.29, 1.82) is 0 Å². The van der Waals surface area contributed by atoms with Gasteiger partial charge in [0.2, 0.25) is 0 Å². The van der Waals surface area contributed by atoms with Gasteiger partial charge < -0.3 is 0 Å². The first-order chi connectivity index (χ1) is 4.59. The zero-order valence-electron chi connectivity index (χ0n) is 5.86. The minimum absolute atomic E-state index is 0.0192. The van der Waals surface area contributed by atoms with Crippen LogP contribution in [-0.2, 0) is 4.79 Å². The van der Waals surface area contributed by atoms with E-state index in [1.54, 1.807) is 0 Å². The molecule has 1 atom stereocenters. The molecule has 0 heterocycles. The summed E-state index contributed by atoms with van der Waals surface area (Å²) in [5.74, 6) is 0.183. The number of carbonyl (C=O) groups excluding carboxylic acids is 1. The highest BCUT2D eigenvalue weighted by Crippen LogP contribution is 2.46. The molecule has 58 valence electrons. The summed E-state index contributed by atoms with van der Waals surface area (Å²) in [4.78, 5) is 10.8. The van der Waals surface area contributed by atoms with Gasteiger partial charge in [0.15, 0.2) is 10.1 Å². The van der Waals surface area contributed by atoms with Gasteiger partial charge in [-0.2, -0.15) is 0 Å². The van der Waals surface area contributed by atoms with Crippen LogP contribution in [0.4, 0.5) is 0 Å². The number of halogens is 2. The molecule has 0 aromatic rings. The van der Waals surface area contributed by atoms with Crippen molar-refractivity contribution in [1.82, 2.24) is 0 Å². The minimum atomic E-state index is -1.05. The zero-order chi connectivity index (χ0) is 7.78. The van der Waals surface area contributed by atoms with Crippen LogP contribution in [0.1, 0.15) is 26.2 Å². The molecule has 1 aliphatic rings. The fourth-order valence-electron chi connectivity index (χ4n) is 1.22. The van der Waals surface area contributed by atoms with Gasteiger partial charge in [-0.05, 0) is 6.42 Å². The van der Waals surface area contributed by atoms with Gasteiger partial charge in [-0.1, -0.05) is 36.5 Å². The molecule has 0 amide bonds. The maximum absolute atomic E-state index is 10.8. The molecule has 0 bridgehead atoms.